The van der Waals surface area contributed by atoms with Crippen molar-refractivity contribution in [3.05, 3.63) is 29.3 Å². The van der Waals surface area contributed by atoms with Gasteiger partial charge in [0.05, 0.1) is 4.90 Å². The van der Waals surface area contributed by atoms with Crippen LogP contribution in [0.3, 0.4) is 0 Å². The number of halogens is 1. The maximum absolute atomic E-state index is 12.5. The van der Waals surface area contributed by atoms with E-state index < -0.39 is 15.9 Å². The second-order valence-electron chi connectivity index (χ2n) is 5.86. The van der Waals surface area contributed by atoms with E-state index in [-0.39, 0.29) is 34.8 Å². The van der Waals surface area contributed by atoms with Gasteiger partial charge in [0, 0.05) is 11.6 Å². The van der Waals surface area contributed by atoms with Crippen molar-refractivity contribution >= 4 is 28.3 Å². The van der Waals surface area contributed by atoms with Crippen LogP contribution in [0.2, 0.25) is 0 Å². The first-order valence-electron chi connectivity index (χ1n) is 7.45. The van der Waals surface area contributed by atoms with E-state index in [0.29, 0.717) is 5.56 Å². The molecule has 0 radical (unpaired) electrons. The van der Waals surface area contributed by atoms with Crippen LogP contribution in [-0.2, 0) is 10.0 Å². The monoisotopic (exact) mass is 361 g/mol. The molecule has 8 heteroatoms. The molecule has 0 aliphatic carbocycles. The minimum Gasteiger partial charge on any atom is -0.366 e. The Labute approximate surface area is 143 Å². The minimum absolute atomic E-state index is 0. The molecular formula is C15H24ClN3O3S. The summed E-state index contributed by atoms with van der Waals surface area (Å²) in [6, 6.07) is 4.26. The second-order valence-corrected chi connectivity index (χ2v) is 7.57. The highest BCUT2D eigenvalue weighted by Crippen LogP contribution is 2.19. The second kappa shape index (κ2) is 8.10. The fourth-order valence-electron chi connectivity index (χ4n) is 2.75. The largest absolute Gasteiger partial charge is 0.366 e. The molecule has 1 heterocycles. The molecule has 4 N–H and O–H groups in total. The van der Waals surface area contributed by atoms with Gasteiger partial charge in [-0.25, -0.2) is 13.1 Å². The zero-order valence-electron chi connectivity index (χ0n) is 13.3. The lowest BCUT2D eigenvalue weighted by molar-refractivity contribution is 0.0999. The van der Waals surface area contributed by atoms with Crippen LogP contribution in [0.1, 0.15) is 35.7 Å². The van der Waals surface area contributed by atoms with Gasteiger partial charge in [-0.15, -0.1) is 12.4 Å². The molecule has 2 atom stereocenters. The molecule has 1 saturated heterocycles. The summed E-state index contributed by atoms with van der Waals surface area (Å²) in [5.74, 6) is -0.358. The zero-order valence-corrected chi connectivity index (χ0v) is 15.0. The summed E-state index contributed by atoms with van der Waals surface area (Å²) in [5.41, 5.74) is 6.18. The normalized spacial score (nSPS) is 19.7. The summed E-state index contributed by atoms with van der Waals surface area (Å²) < 4.78 is 27.7. The van der Waals surface area contributed by atoms with Crippen molar-refractivity contribution in [3.63, 3.8) is 0 Å². The summed E-state index contributed by atoms with van der Waals surface area (Å²) >= 11 is 0. The number of hydrogen-bond acceptors (Lipinski definition) is 4. The Morgan fingerprint density at radius 1 is 1.43 bits per heavy atom. The number of carbonyl (C=O) groups is 1. The molecule has 6 nitrogen and oxygen atoms in total. The maximum Gasteiger partial charge on any atom is 0.249 e. The smallest absolute Gasteiger partial charge is 0.249 e. The van der Waals surface area contributed by atoms with Crippen LogP contribution in [0.15, 0.2) is 23.1 Å². The Kier molecular flexibility index (Phi) is 7.01. The average molecular weight is 362 g/mol. The molecule has 0 aromatic heterocycles. The first kappa shape index (κ1) is 19.9. The molecule has 1 fully saturated rings. The van der Waals surface area contributed by atoms with Crippen molar-refractivity contribution in [3.8, 4) is 0 Å². The van der Waals surface area contributed by atoms with Crippen molar-refractivity contribution in [2.45, 2.75) is 37.6 Å². The number of nitrogens with one attached hydrogen (secondary N) is 2. The van der Waals surface area contributed by atoms with Crippen LogP contribution in [0.4, 0.5) is 0 Å². The number of sulfonamides is 1. The highest BCUT2D eigenvalue weighted by atomic mass is 35.5. The first-order chi connectivity index (χ1) is 10.3. The third kappa shape index (κ3) is 4.91. The molecular weight excluding hydrogens is 338 g/mol. The summed E-state index contributed by atoms with van der Waals surface area (Å²) in [5, 5.41) is 3.28. The fourth-order valence-corrected chi connectivity index (χ4v) is 4.09. The Hall–Kier alpha value is -1.15. The summed E-state index contributed by atoms with van der Waals surface area (Å²) in [7, 11) is -3.67. The molecule has 1 aliphatic rings. The van der Waals surface area contributed by atoms with Crippen LogP contribution in [0.25, 0.3) is 0 Å². The molecule has 2 rings (SSSR count). The van der Waals surface area contributed by atoms with Crippen LogP contribution in [0, 0.1) is 12.8 Å². The molecule has 1 aromatic carbocycles. The standard InChI is InChI=1S/C15H23N3O3S.ClH/c1-10-5-6-13(8-14(10)15(16)19)22(20,21)18-11(2)12-4-3-7-17-9-12;/h5-6,8,11-12,17-18H,3-4,7,9H2,1-2H3,(H2,16,19);1H. The van der Waals surface area contributed by atoms with E-state index in [2.05, 4.69) is 10.0 Å². The van der Waals surface area contributed by atoms with Gasteiger partial charge in [0.25, 0.3) is 0 Å². The quantitative estimate of drug-likeness (QED) is 0.733. The number of piperidine rings is 1. The topological polar surface area (TPSA) is 101 Å². The lowest BCUT2D eigenvalue weighted by Crippen LogP contribution is -2.44. The Morgan fingerprint density at radius 3 is 2.70 bits per heavy atom. The molecule has 23 heavy (non-hydrogen) atoms. The van der Waals surface area contributed by atoms with Crippen LogP contribution in [0.5, 0.6) is 0 Å². The van der Waals surface area contributed by atoms with Gasteiger partial charge >= 0.3 is 0 Å². The van der Waals surface area contributed by atoms with E-state index in [9.17, 15) is 13.2 Å². The van der Waals surface area contributed by atoms with Gasteiger partial charge in [-0.2, -0.15) is 0 Å². The lowest BCUT2D eigenvalue weighted by atomic mass is 9.94. The van der Waals surface area contributed by atoms with E-state index in [1.54, 1.807) is 13.0 Å². The number of hydrogen-bond donors (Lipinski definition) is 3. The lowest BCUT2D eigenvalue weighted by Gasteiger charge is -2.28. The van der Waals surface area contributed by atoms with Crippen molar-refractivity contribution in [1.82, 2.24) is 10.0 Å². The van der Waals surface area contributed by atoms with E-state index in [4.69, 9.17) is 5.73 Å². The SMILES string of the molecule is Cc1ccc(S(=O)(=O)NC(C)C2CCCNC2)cc1C(N)=O.Cl. The summed E-state index contributed by atoms with van der Waals surface area (Å²) in [4.78, 5) is 11.4. The van der Waals surface area contributed by atoms with Gasteiger partial charge < -0.3 is 11.1 Å². The van der Waals surface area contributed by atoms with Crippen molar-refractivity contribution in [2.75, 3.05) is 13.1 Å². The van der Waals surface area contributed by atoms with Crippen molar-refractivity contribution in [1.29, 1.82) is 0 Å². The third-order valence-corrected chi connectivity index (χ3v) is 5.72. The van der Waals surface area contributed by atoms with Gasteiger partial charge in [0.2, 0.25) is 15.9 Å². The number of aryl methyl sites for hydroxylation is 1. The van der Waals surface area contributed by atoms with Gasteiger partial charge in [-0.05, 0) is 63.4 Å². The predicted molar refractivity (Wildman–Crippen MR) is 92.3 cm³/mol. The van der Waals surface area contributed by atoms with Crippen molar-refractivity contribution in [2.24, 2.45) is 11.7 Å². The average Bonchev–Trinajstić information content (AvgIpc) is 2.47. The van der Waals surface area contributed by atoms with E-state index >= 15 is 0 Å². The van der Waals surface area contributed by atoms with Crippen LogP contribution >= 0.6 is 12.4 Å². The molecule has 130 valence electrons. The number of primary amides is 1. The molecule has 0 saturated carbocycles. The first-order valence-corrected chi connectivity index (χ1v) is 8.93. The Balaban J connectivity index is 0.00000264. The van der Waals surface area contributed by atoms with E-state index in [1.807, 2.05) is 6.92 Å². The highest BCUT2D eigenvalue weighted by Gasteiger charge is 2.25. The Morgan fingerprint density at radius 2 is 2.13 bits per heavy atom. The molecule has 0 spiro atoms. The summed E-state index contributed by atoms with van der Waals surface area (Å²) in [6.45, 7) is 5.39. The predicted octanol–water partition coefficient (Wildman–Crippen LogP) is 1.18. The zero-order chi connectivity index (χ0) is 16.3. The van der Waals surface area contributed by atoms with Gasteiger partial charge in [0.15, 0.2) is 0 Å². The fraction of sp³-hybridized carbons (Fsp3) is 0.533. The number of rotatable bonds is 5. The maximum atomic E-state index is 12.5. The van der Waals surface area contributed by atoms with Crippen LogP contribution in [-0.4, -0.2) is 33.5 Å². The van der Waals surface area contributed by atoms with Gasteiger partial charge in [-0.3, -0.25) is 4.79 Å². The minimum atomic E-state index is -3.67. The molecule has 0 bridgehead atoms. The molecule has 1 aromatic rings. The van der Waals surface area contributed by atoms with Gasteiger partial charge in [0.1, 0.15) is 0 Å². The Bertz CT molecular complexity index is 658. The number of carbonyl (C=O) groups excluding carboxylic acids is 1. The third-order valence-electron chi connectivity index (χ3n) is 4.17. The number of nitrogens with two attached hydrogens (primary N) is 1. The summed E-state index contributed by atoms with van der Waals surface area (Å²) in [6.07, 6.45) is 2.05. The van der Waals surface area contributed by atoms with E-state index in [1.165, 1.54) is 12.1 Å². The molecule has 1 amide bonds. The highest BCUT2D eigenvalue weighted by molar-refractivity contribution is 7.89. The van der Waals surface area contributed by atoms with Gasteiger partial charge in [-0.1, -0.05) is 6.07 Å². The molecule has 1 aliphatic heterocycles. The van der Waals surface area contributed by atoms with Crippen LogP contribution < -0.4 is 15.8 Å². The van der Waals surface area contributed by atoms with Crippen molar-refractivity contribution < 1.29 is 13.2 Å². The van der Waals surface area contributed by atoms with E-state index in [0.717, 1.165) is 25.9 Å². The number of benzene rings is 1. The molecule has 2 unspecified atom stereocenters. The number of amides is 1.